The molecular formula is C8H20BrNO2. The third-order valence-corrected chi connectivity index (χ3v) is 1.34. The predicted octanol–water partition coefficient (Wildman–Crippen LogP) is 2.02. The molecule has 0 amide bonds. The highest BCUT2D eigenvalue weighted by molar-refractivity contribution is 8.93. The fourth-order valence-electron chi connectivity index (χ4n) is 0.671. The van der Waals surface area contributed by atoms with E-state index < -0.39 is 5.97 Å². The SMILES string of the molecule is Br.CC(=O)O.CCN(CC)CC. The molecule has 0 heterocycles. The van der Waals surface area contributed by atoms with Gasteiger partial charge >= 0.3 is 0 Å². The minimum Gasteiger partial charge on any atom is -0.481 e. The largest absolute Gasteiger partial charge is 0.481 e. The molecule has 0 aliphatic rings. The lowest BCUT2D eigenvalue weighted by molar-refractivity contribution is -0.134. The first kappa shape index (κ1) is 17.9. The van der Waals surface area contributed by atoms with Gasteiger partial charge in [0.05, 0.1) is 0 Å². The maximum atomic E-state index is 9.00. The Balaban J connectivity index is -0.000000142. The Morgan fingerprint density at radius 3 is 1.33 bits per heavy atom. The van der Waals surface area contributed by atoms with E-state index in [0.29, 0.717) is 0 Å². The Bertz CT molecular complexity index is 85.5. The van der Waals surface area contributed by atoms with Gasteiger partial charge in [-0.2, -0.15) is 0 Å². The molecule has 0 fully saturated rings. The summed E-state index contributed by atoms with van der Waals surface area (Å²) in [6, 6.07) is 0. The predicted molar refractivity (Wildman–Crippen MR) is 57.1 cm³/mol. The summed E-state index contributed by atoms with van der Waals surface area (Å²) in [5.74, 6) is -0.833. The molecule has 0 aromatic rings. The first-order valence-electron chi connectivity index (χ1n) is 4.00. The Morgan fingerprint density at radius 1 is 1.17 bits per heavy atom. The summed E-state index contributed by atoms with van der Waals surface area (Å²) in [5.41, 5.74) is 0. The van der Waals surface area contributed by atoms with Gasteiger partial charge in [-0.3, -0.25) is 4.79 Å². The Kier molecular flexibility index (Phi) is 20.1. The molecule has 76 valence electrons. The normalized spacial score (nSPS) is 8.08. The van der Waals surface area contributed by atoms with Crippen LogP contribution in [-0.4, -0.2) is 35.6 Å². The van der Waals surface area contributed by atoms with E-state index in [1.54, 1.807) is 0 Å². The Hall–Kier alpha value is -0.0900. The average Bonchev–Trinajstić information content (AvgIpc) is 1.90. The summed E-state index contributed by atoms with van der Waals surface area (Å²) in [6.07, 6.45) is 0. The van der Waals surface area contributed by atoms with Crippen LogP contribution in [0.3, 0.4) is 0 Å². The van der Waals surface area contributed by atoms with E-state index >= 15 is 0 Å². The van der Waals surface area contributed by atoms with Crippen molar-refractivity contribution >= 4 is 23.0 Å². The van der Waals surface area contributed by atoms with Crippen molar-refractivity contribution in [3.63, 3.8) is 0 Å². The monoisotopic (exact) mass is 241 g/mol. The van der Waals surface area contributed by atoms with Gasteiger partial charge in [-0.15, -0.1) is 17.0 Å². The molecule has 0 aromatic heterocycles. The highest BCUT2D eigenvalue weighted by Gasteiger charge is 1.89. The first-order valence-corrected chi connectivity index (χ1v) is 4.00. The number of carboxylic acid groups (broad SMARTS) is 1. The van der Waals surface area contributed by atoms with Gasteiger partial charge in [0.25, 0.3) is 5.97 Å². The van der Waals surface area contributed by atoms with Crippen molar-refractivity contribution in [2.45, 2.75) is 27.7 Å². The van der Waals surface area contributed by atoms with Crippen molar-refractivity contribution in [2.75, 3.05) is 19.6 Å². The highest BCUT2D eigenvalue weighted by Crippen LogP contribution is 1.81. The lowest BCUT2D eigenvalue weighted by atomic mass is 10.5. The van der Waals surface area contributed by atoms with Crippen LogP contribution in [0, 0.1) is 0 Å². The zero-order valence-corrected chi connectivity index (χ0v) is 10.0. The van der Waals surface area contributed by atoms with E-state index in [0.717, 1.165) is 6.92 Å². The molecule has 0 unspecified atom stereocenters. The van der Waals surface area contributed by atoms with Gasteiger partial charge in [-0.05, 0) is 19.6 Å². The molecule has 0 spiro atoms. The van der Waals surface area contributed by atoms with Crippen molar-refractivity contribution in [1.29, 1.82) is 0 Å². The van der Waals surface area contributed by atoms with Crippen LogP contribution in [-0.2, 0) is 4.79 Å². The van der Waals surface area contributed by atoms with Crippen LogP contribution >= 0.6 is 17.0 Å². The molecule has 0 saturated heterocycles. The van der Waals surface area contributed by atoms with Crippen molar-refractivity contribution < 1.29 is 9.90 Å². The maximum absolute atomic E-state index is 9.00. The van der Waals surface area contributed by atoms with E-state index in [9.17, 15) is 0 Å². The number of hydrogen-bond acceptors (Lipinski definition) is 2. The number of nitrogens with zero attached hydrogens (tertiary/aromatic N) is 1. The van der Waals surface area contributed by atoms with Gasteiger partial charge in [0.1, 0.15) is 0 Å². The average molecular weight is 242 g/mol. The molecule has 12 heavy (non-hydrogen) atoms. The lowest BCUT2D eigenvalue weighted by Crippen LogP contribution is -2.21. The fourth-order valence-corrected chi connectivity index (χ4v) is 0.671. The minimum absolute atomic E-state index is 0. The van der Waals surface area contributed by atoms with Crippen LogP contribution in [0.1, 0.15) is 27.7 Å². The molecule has 0 radical (unpaired) electrons. The van der Waals surface area contributed by atoms with Crippen molar-refractivity contribution in [3.05, 3.63) is 0 Å². The van der Waals surface area contributed by atoms with Crippen LogP contribution in [0.5, 0.6) is 0 Å². The van der Waals surface area contributed by atoms with E-state index in [-0.39, 0.29) is 17.0 Å². The quantitative estimate of drug-likeness (QED) is 0.823. The van der Waals surface area contributed by atoms with Crippen LogP contribution in [0.2, 0.25) is 0 Å². The van der Waals surface area contributed by atoms with E-state index in [4.69, 9.17) is 9.90 Å². The van der Waals surface area contributed by atoms with Crippen LogP contribution < -0.4 is 0 Å². The van der Waals surface area contributed by atoms with E-state index in [1.807, 2.05) is 0 Å². The van der Waals surface area contributed by atoms with Gasteiger partial charge in [-0.25, -0.2) is 0 Å². The second-order valence-corrected chi connectivity index (χ2v) is 2.14. The standard InChI is InChI=1S/C6H15N.C2H4O2.BrH/c1-4-7(5-2)6-3;1-2(3)4;/h4-6H2,1-3H3;1H3,(H,3,4);1H. The molecule has 0 aromatic carbocycles. The zero-order chi connectivity index (χ0) is 9.28. The molecule has 0 saturated carbocycles. The Labute approximate surface area is 85.5 Å². The number of hydrogen-bond donors (Lipinski definition) is 1. The summed E-state index contributed by atoms with van der Waals surface area (Å²) in [7, 11) is 0. The summed E-state index contributed by atoms with van der Waals surface area (Å²) in [4.78, 5) is 11.4. The number of aliphatic carboxylic acids is 1. The van der Waals surface area contributed by atoms with Gasteiger partial charge < -0.3 is 10.0 Å². The number of carboxylic acids is 1. The van der Waals surface area contributed by atoms with Crippen LogP contribution in [0.25, 0.3) is 0 Å². The van der Waals surface area contributed by atoms with E-state index in [1.165, 1.54) is 19.6 Å². The fraction of sp³-hybridized carbons (Fsp3) is 0.875. The Morgan fingerprint density at radius 2 is 1.33 bits per heavy atom. The maximum Gasteiger partial charge on any atom is 0.300 e. The number of carbonyl (C=O) groups is 1. The van der Waals surface area contributed by atoms with Gasteiger partial charge in [-0.1, -0.05) is 20.8 Å². The summed E-state index contributed by atoms with van der Waals surface area (Å²) < 4.78 is 0. The molecule has 0 aliphatic heterocycles. The molecule has 0 rings (SSSR count). The minimum atomic E-state index is -0.833. The summed E-state index contributed by atoms with van der Waals surface area (Å²) >= 11 is 0. The topological polar surface area (TPSA) is 40.5 Å². The molecule has 0 bridgehead atoms. The molecular weight excluding hydrogens is 222 g/mol. The third kappa shape index (κ3) is 22.5. The molecule has 0 atom stereocenters. The first-order chi connectivity index (χ1) is 5.08. The summed E-state index contributed by atoms with van der Waals surface area (Å²) in [6.45, 7) is 11.2. The van der Waals surface area contributed by atoms with Crippen LogP contribution in [0.15, 0.2) is 0 Å². The summed E-state index contributed by atoms with van der Waals surface area (Å²) in [5, 5.41) is 7.42. The third-order valence-electron chi connectivity index (χ3n) is 1.34. The van der Waals surface area contributed by atoms with Crippen molar-refractivity contribution in [3.8, 4) is 0 Å². The molecule has 1 N–H and O–H groups in total. The van der Waals surface area contributed by atoms with Crippen molar-refractivity contribution in [1.82, 2.24) is 4.90 Å². The second kappa shape index (κ2) is 13.5. The lowest BCUT2D eigenvalue weighted by Gasteiger charge is -2.13. The van der Waals surface area contributed by atoms with Gasteiger partial charge in [0, 0.05) is 6.92 Å². The molecule has 3 nitrogen and oxygen atoms in total. The van der Waals surface area contributed by atoms with E-state index in [2.05, 4.69) is 25.7 Å². The van der Waals surface area contributed by atoms with Gasteiger partial charge in [0.15, 0.2) is 0 Å². The number of halogens is 1. The number of rotatable bonds is 3. The van der Waals surface area contributed by atoms with Crippen molar-refractivity contribution in [2.24, 2.45) is 0 Å². The zero-order valence-electron chi connectivity index (χ0n) is 8.33. The smallest absolute Gasteiger partial charge is 0.300 e. The van der Waals surface area contributed by atoms with Crippen LogP contribution in [0.4, 0.5) is 0 Å². The molecule has 4 heteroatoms. The second-order valence-electron chi connectivity index (χ2n) is 2.14. The highest BCUT2D eigenvalue weighted by atomic mass is 79.9. The molecule has 0 aliphatic carbocycles. The van der Waals surface area contributed by atoms with Gasteiger partial charge in [0.2, 0.25) is 0 Å².